The van der Waals surface area contributed by atoms with Gasteiger partial charge in [-0.25, -0.2) is 13.1 Å². The molecular weight excluding hydrogens is 358 g/mol. The van der Waals surface area contributed by atoms with Crippen LogP contribution >= 0.6 is 15.9 Å². The standard InChI is InChI=1S/C13H20BrN3O3S/c14-12-10-11(2-3-13(12)15)21(18,19)16-4-1-5-17-6-8-20-9-7-17/h2-3,10,16H,1,4-9,15H2. The lowest BCUT2D eigenvalue weighted by molar-refractivity contribution is 0.0376. The van der Waals surface area contributed by atoms with Crippen molar-refractivity contribution in [2.24, 2.45) is 0 Å². The highest BCUT2D eigenvalue weighted by molar-refractivity contribution is 9.10. The molecule has 0 atom stereocenters. The van der Waals surface area contributed by atoms with Crippen LogP contribution in [0.2, 0.25) is 0 Å². The van der Waals surface area contributed by atoms with Gasteiger partial charge in [-0.15, -0.1) is 0 Å². The fourth-order valence-electron chi connectivity index (χ4n) is 2.09. The molecule has 118 valence electrons. The van der Waals surface area contributed by atoms with E-state index in [1.165, 1.54) is 12.1 Å². The first-order chi connectivity index (χ1) is 9.99. The zero-order chi connectivity index (χ0) is 15.3. The Bertz CT molecular complexity index is 574. The molecule has 8 heteroatoms. The van der Waals surface area contributed by atoms with E-state index in [1.807, 2.05) is 0 Å². The Morgan fingerprint density at radius 3 is 2.71 bits per heavy atom. The number of hydrogen-bond acceptors (Lipinski definition) is 5. The third-order valence-corrected chi connectivity index (χ3v) is 5.47. The molecule has 6 nitrogen and oxygen atoms in total. The highest BCUT2D eigenvalue weighted by Gasteiger charge is 2.15. The van der Waals surface area contributed by atoms with E-state index >= 15 is 0 Å². The smallest absolute Gasteiger partial charge is 0.240 e. The zero-order valence-electron chi connectivity index (χ0n) is 11.7. The van der Waals surface area contributed by atoms with Crippen LogP contribution < -0.4 is 10.5 Å². The first-order valence-electron chi connectivity index (χ1n) is 6.84. The zero-order valence-corrected chi connectivity index (χ0v) is 14.1. The lowest BCUT2D eigenvalue weighted by Crippen LogP contribution is -2.38. The van der Waals surface area contributed by atoms with Crippen molar-refractivity contribution in [3.05, 3.63) is 22.7 Å². The molecule has 0 spiro atoms. The minimum Gasteiger partial charge on any atom is -0.398 e. The highest BCUT2D eigenvalue weighted by Crippen LogP contribution is 2.22. The van der Waals surface area contributed by atoms with Gasteiger partial charge in [0.25, 0.3) is 0 Å². The summed E-state index contributed by atoms with van der Waals surface area (Å²) in [7, 11) is -3.48. The van der Waals surface area contributed by atoms with Crippen molar-refractivity contribution in [1.29, 1.82) is 0 Å². The summed E-state index contributed by atoms with van der Waals surface area (Å²) in [5.41, 5.74) is 6.17. The summed E-state index contributed by atoms with van der Waals surface area (Å²) in [5, 5.41) is 0. The van der Waals surface area contributed by atoms with Crippen LogP contribution in [-0.2, 0) is 14.8 Å². The predicted molar refractivity (Wildman–Crippen MR) is 85.6 cm³/mol. The van der Waals surface area contributed by atoms with E-state index in [9.17, 15) is 8.42 Å². The molecule has 1 aromatic rings. The molecule has 0 radical (unpaired) electrons. The normalized spacial score (nSPS) is 17.0. The van der Waals surface area contributed by atoms with Crippen LogP contribution in [0.4, 0.5) is 5.69 Å². The first kappa shape index (κ1) is 16.7. The summed E-state index contributed by atoms with van der Waals surface area (Å²) in [6.45, 7) is 4.63. The third-order valence-electron chi connectivity index (χ3n) is 3.33. The number of rotatable bonds is 6. The number of nitrogens with two attached hydrogens (primary N) is 1. The Labute approximate surface area is 133 Å². The second-order valence-electron chi connectivity index (χ2n) is 4.89. The third kappa shape index (κ3) is 4.93. The van der Waals surface area contributed by atoms with E-state index in [1.54, 1.807) is 6.07 Å². The average Bonchev–Trinajstić information content (AvgIpc) is 2.47. The second-order valence-corrected chi connectivity index (χ2v) is 7.51. The van der Waals surface area contributed by atoms with Crippen LogP contribution in [-0.4, -0.2) is 52.7 Å². The van der Waals surface area contributed by atoms with Crippen molar-refractivity contribution >= 4 is 31.6 Å². The van der Waals surface area contributed by atoms with Gasteiger partial charge in [0.1, 0.15) is 0 Å². The fourth-order valence-corrected chi connectivity index (χ4v) is 3.72. The first-order valence-corrected chi connectivity index (χ1v) is 9.11. The Morgan fingerprint density at radius 2 is 2.05 bits per heavy atom. The molecule has 0 aromatic heterocycles. The maximum absolute atomic E-state index is 12.1. The number of nitrogens with one attached hydrogen (secondary N) is 1. The maximum Gasteiger partial charge on any atom is 0.240 e. The van der Waals surface area contributed by atoms with Gasteiger partial charge < -0.3 is 10.5 Å². The summed E-state index contributed by atoms with van der Waals surface area (Å²) < 4.78 is 32.7. The Hall–Kier alpha value is -0.670. The average molecular weight is 378 g/mol. The quantitative estimate of drug-likeness (QED) is 0.571. The van der Waals surface area contributed by atoms with Crippen LogP contribution in [0.3, 0.4) is 0 Å². The van der Waals surface area contributed by atoms with Gasteiger partial charge in [-0.3, -0.25) is 4.90 Å². The van der Waals surface area contributed by atoms with E-state index < -0.39 is 10.0 Å². The number of morpholine rings is 1. The van der Waals surface area contributed by atoms with Gasteiger partial charge in [0, 0.05) is 29.8 Å². The largest absolute Gasteiger partial charge is 0.398 e. The summed E-state index contributed by atoms with van der Waals surface area (Å²) in [5.74, 6) is 0. The molecule has 1 heterocycles. The number of sulfonamides is 1. The van der Waals surface area contributed by atoms with E-state index in [0.29, 0.717) is 16.7 Å². The predicted octanol–water partition coefficient (Wildman–Crippen LogP) is 1.03. The van der Waals surface area contributed by atoms with Gasteiger partial charge in [0.2, 0.25) is 10.0 Å². The van der Waals surface area contributed by atoms with E-state index in [-0.39, 0.29) is 4.90 Å². The maximum atomic E-state index is 12.1. The van der Waals surface area contributed by atoms with Gasteiger partial charge in [-0.2, -0.15) is 0 Å². The van der Waals surface area contributed by atoms with Gasteiger partial charge in [-0.05, 0) is 47.1 Å². The number of nitrogen functional groups attached to an aromatic ring is 1. The Morgan fingerprint density at radius 1 is 1.33 bits per heavy atom. The van der Waals surface area contributed by atoms with E-state index in [2.05, 4.69) is 25.6 Å². The van der Waals surface area contributed by atoms with Gasteiger partial charge >= 0.3 is 0 Å². The molecule has 0 amide bonds. The van der Waals surface area contributed by atoms with Crippen LogP contribution in [0.15, 0.2) is 27.6 Å². The van der Waals surface area contributed by atoms with Crippen molar-refractivity contribution in [2.75, 3.05) is 45.1 Å². The molecule has 21 heavy (non-hydrogen) atoms. The molecule has 1 aromatic carbocycles. The number of hydrogen-bond donors (Lipinski definition) is 2. The van der Waals surface area contributed by atoms with Gasteiger partial charge in [-0.1, -0.05) is 0 Å². The van der Waals surface area contributed by atoms with E-state index in [0.717, 1.165) is 39.3 Å². The monoisotopic (exact) mass is 377 g/mol. The molecule has 2 rings (SSSR count). The lowest BCUT2D eigenvalue weighted by Gasteiger charge is -2.26. The second kappa shape index (κ2) is 7.55. The van der Waals surface area contributed by atoms with Crippen molar-refractivity contribution in [1.82, 2.24) is 9.62 Å². The molecule has 0 saturated carbocycles. The summed E-state index contributed by atoms with van der Waals surface area (Å²) in [6.07, 6.45) is 0.773. The highest BCUT2D eigenvalue weighted by atomic mass is 79.9. The van der Waals surface area contributed by atoms with Crippen LogP contribution in [0.25, 0.3) is 0 Å². The molecule has 0 aliphatic carbocycles. The van der Waals surface area contributed by atoms with Crippen LogP contribution in [0.1, 0.15) is 6.42 Å². The summed E-state index contributed by atoms with van der Waals surface area (Å²) in [6, 6.07) is 4.59. The summed E-state index contributed by atoms with van der Waals surface area (Å²) in [4.78, 5) is 2.49. The van der Waals surface area contributed by atoms with Crippen molar-refractivity contribution in [2.45, 2.75) is 11.3 Å². The number of ether oxygens (including phenoxy) is 1. The SMILES string of the molecule is Nc1ccc(S(=O)(=O)NCCCN2CCOCC2)cc1Br. The molecular formula is C13H20BrN3O3S. The molecule has 0 unspecified atom stereocenters. The topological polar surface area (TPSA) is 84.7 Å². The minimum atomic E-state index is -3.48. The van der Waals surface area contributed by atoms with Crippen molar-refractivity contribution in [3.63, 3.8) is 0 Å². The molecule has 1 aliphatic heterocycles. The van der Waals surface area contributed by atoms with Crippen molar-refractivity contribution < 1.29 is 13.2 Å². The minimum absolute atomic E-state index is 0.218. The molecule has 0 bridgehead atoms. The molecule has 1 saturated heterocycles. The van der Waals surface area contributed by atoms with Crippen LogP contribution in [0.5, 0.6) is 0 Å². The fraction of sp³-hybridized carbons (Fsp3) is 0.538. The van der Waals surface area contributed by atoms with Crippen LogP contribution in [0, 0.1) is 0 Å². The number of halogens is 1. The lowest BCUT2D eigenvalue weighted by atomic mass is 10.3. The van der Waals surface area contributed by atoms with Gasteiger partial charge in [0.15, 0.2) is 0 Å². The van der Waals surface area contributed by atoms with E-state index in [4.69, 9.17) is 10.5 Å². The molecule has 1 aliphatic rings. The number of benzene rings is 1. The van der Waals surface area contributed by atoms with Crippen molar-refractivity contribution in [3.8, 4) is 0 Å². The number of anilines is 1. The number of nitrogens with zero attached hydrogens (tertiary/aromatic N) is 1. The molecule has 3 N–H and O–H groups in total. The Kier molecular flexibility index (Phi) is 6.00. The Balaban J connectivity index is 1.82. The molecule has 1 fully saturated rings. The van der Waals surface area contributed by atoms with Gasteiger partial charge in [0.05, 0.1) is 18.1 Å². The summed E-state index contributed by atoms with van der Waals surface area (Å²) >= 11 is 3.24.